The summed E-state index contributed by atoms with van der Waals surface area (Å²) < 4.78 is 5.11. The molecule has 0 aliphatic carbocycles. The molecular weight excluding hydrogens is 319 g/mol. The second kappa shape index (κ2) is 6.57. The first-order valence-corrected chi connectivity index (χ1v) is 7.14. The molecule has 2 aromatic carbocycles. The minimum atomic E-state index is 0.0613. The molecule has 0 aromatic heterocycles. The van der Waals surface area contributed by atoms with Gasteiger partial charge in [-0.15, -0.1) is 0 Å². The monoisotopic (exact) mass is 330 g/mol. The molecule has 0 spiro atoms. The summed E-state index contributed by atoms with van der Waals surface area (Å²) in [7, 11) is 1.60. The van der Waals surface area contributed by atoms with Crippen molar-refractivity contribution in [1.82, 2.24) is 0 Å². The summed E-state index contributed by atoms with van der Waals surface area (Å²) in [6.45, 7) is 0. The smallest absolute Gasteiger partial charge is 0.120 e. The van der Waals surface area contributed by atoms with Gasteiger partial charge in [0.25, 0.3) is 0 Å². The topological polar surface area (TPSA) is 29.5 Å². The third-order valence-electron chi connectivity index (χ3n) is 3.03. The van der Waals surface area contributed by atoms with Crippen LogP contribution in [-0.4, -0.2) is 12.2 Å². The first kappa shape index (κ1) is 15.3. The van der Waals surface area contributed by atoms with Gasteiger partial charge in [0, 0.05) is 15.1 Å². The molecule has 5 heteroatoms. The molecule has 2 rings (SSSR count). The summed E-state index contributed by atoms with van der Waals surface area (Å²) in [4.78, 5) is 0. The van der Waals surface area contributed by atoms with E-state index in [4.69, 9.17) is 39.5 Å². The van der Waals surface area contributed by atoms with E-state index >= 15 is 0 Å². The summed E-state index contributed by atoms with van der Waals surface area (Å²) in [5.41, 5.74) is 1.80. The van der Waals surface area contributed by atoms with Crippen molar-refractivity contribution >= 4 is 34.8 Å². The van der Waals surface area contributed by atoms with Crippen molar-refractivity contribution in [3.8, 4) is 11.5 Å². The lowest BCUT2D eigenvalue weighted by molar-refractivity contribution is 0.414. The fraction of sp³-hybridized carbons (Fsp3) is 0.200. The number of hydrogen-bond acceptors (Lipinski definition) is 2. The molecule has 0 heterocycles. The van der Waals surface area contributed by atoms with E-state index in [9.17, 15) is 5.11 Å². The Labute approximate surface area is 132 Å². The van der Waals surface area contributed by atoms with Crippen LogP contribution in [0.4, 0.5) is 0 Å². The molecule has 20 heavy (non-hydrogen) atoms. The van der Waals surface area contributed by atoms with Gasteiger partial charge in [0.15, 0.2) is 0 Å². The van der Waals surface area contributed by atoms with E-state index in [-0.39, 0.29) is 5.75 Å². The number of hydrogen-bond donors (Lipinski definition) is 1. The maximum Gasteiger partial charge on any atom is 0.120 e. The molecule has 0 amide bonds. The molecule has 0 aliphatic rings. The third-order valence-corrected chi connectivity index (χ3v) is 4.06. The van der Waals surface area contributed by atoms with E-state index in [1.807, 2.05) is 12.1 Å². The highest BCUT2D eigenvalue weighted by atomic mass is 35.5. The zero-order valence-electron chi connectivity index (χ0n) is 10.8. The fourth-order valence-electron chi connectivity index (χ4n) is 1.95. The number of benzene rings is 2. The lowest BCUT2D eigenvalue weighted by Gasteiger charge is -2.10. The zero-order chi connectivity index (χ0) is 14.7. The van der Waals surface area contributed by atoms with Crippen LogP contribution in [0, 0.1) is 0 Å². The molecule has 0 bridgehead atoms. The van der Waals surface area contributed by atoms with E-state index in [1.165, 1.54) is 12.1 Å². The summed E-state index contributed by atoms with van der Waals surface area (Å²) in [5.74, 6) is 0.783. The first-order chi connectivity index (χ1) is 9.51. The van der Waals surface area contributed by atoms with Gasteiger partial charge in [-0.3, -0.25) is 0 Å². The Hall–Kier alpha value is -1.09. The highest BCUT2D eigenvalue weighted by Crippen LogP contribution is 2.31. The van der Waals surface area contributed by atoms with E-state index in [0.717, 1.165) is 16.9 Å². The number of rotatable bonds is 4. The quantitative estimate of drug-likeness (QED) is 0.840. The number of aromatic hydroxyl groups is 1. The summed E-state index contributed by atoms with van der Waals surface area (Å²) in [6.07, 6.45) is 1.34. The first-order valence-electron chi connectivity index (χ1n) is 6.00. The van der Waals surface area contributed by atoms with E-state index in [1.54, 1.807) is 13.2 Å². The standard InChI is InChI=1S/C15H13Cl3O2/c1-20-11-4-2-9(13(16)8-11)3-5-12-14(17)6-10(19)7-15(12)18/h2,4,6-8,19H,3,5H2,1H3. The van der Waals surface area contributed by atoms with Crippen LogP contribution >= 0.6 is 34.8 Å². The van der Waals surface area contributed by atoms with Crippen LogP contribution in [-0.2, 0) is 12.8 Å². The number of aryl methyl sites for hydroxylation is 1. The molecule has 0 atom stereocenters. The van der Waals surface area contributed by atoms with Gasteiger partial charge in [-0.2, -0.15) is 0 Å². The van der Waals surface area contributed by atoms with E-state index in [2.05, 4.69) is 0 Å². The molecule has 0 saturated heterocycles. The number of phenolic OH excluding ortho intramolecular Hbond substituents is 1. The van der Waals surface area contributed by atoms with Gasteiger partial charge in [0.2, 0.25) is 0 Å². The average Bonchev–Trinajstić information content (AvgIpc) is 2.39. The second-order valence-corrected chi connectivity index (χ2v) is 5.57. The van der Waals surface area contributed by atoms with Crippen LogP contribution in [0.3, 0.4) is 0 Å². The van der Waals surface area contributed by atoms with Gasteiger partial charge >= 0.3 is 0 Å². The Morgan fingerprint density at radius 2 is 1.60 bits per heavy atom. The summed E-state index contributed by atoms with van der Waals surface area (Å²) in [6, 6.07) is 8.53. The number of phenols is 1. The number of ether oxygens (including phenoxy) is 1. The molecular formula is C15H13Cl3O2. The molecule has 2 aromatic rings. The van der Waals surface area contributed by atoms with Crippen LogP contribution < -0.4 is 4.74 Å². The van der Waals surface area contributed by atoms with Crippen LogP contribution in [0.2, 0.25) is 15.1 Å². The minimum Gasteiger partial charge on any atom is -0.508 e. The van der Waals surface area contributed by atoms with Gasteiger partial charge in [-0.25, -0.2) is 0 Å². The van der Waals surface area contributed by atoms with Crippen LogP contribution in [0.5, 0.6) is 11.5 Å². The molecule has 0 fully saturated rings. The second-order valence-electron chi connectivity index (χ2n) is 4.35. The van der Waals surface area contributed by atoms with Gasteiger partial charge in [0.1, 0.15) is 11.5 Å². The number of halogens is 3. The van der Waals surface area contributed by atoms with E-state index in [0.29, 0.717) is 27.9 Å². The van der Waals surface area contributed by atoms with Crippen LogP contribution in [0.15, 0.2) is 30.3 Å². The summed E-state index contributed by atoms with van der Waals surface area (Å²) in [5, 5.41) is 11.0. The molecule has 1 N–H and O–H groups in total. The highest BCUT2D eigenvalue weighted by Gasteiger charge is 2.10. The lowest BCUT2D eigenvalue weighted by Crippen LogP contribution is -1.95. The summed E-state index contributed by atoms with van der Waals surface area (Å²) >= 11 is 18.4. The van der Waals surface area contributed by atoms with Crippen molar-refractivity contribution in [3.63, 3.8) is 0 Å². The molecule has 0 saturated carbocycles. The van der Waals surface area contributed by atoms with E-state index < -0.39 is 0 Å². The number of methoxy groups -OCH3 is 1. The molecule has 0 unspecified atom stereocenters. The Kier molecular flexibility index (Phi) is 5.03. The van der Waals surface area contributed by atoms with Crippen molar-refractivity contribution < 1.29 is 9.84 Å². The molecule has 0 radical (unpaired) electrons. The molecule has 0 aliphatic heterocycles. The zero-order valence-corrected chi connectivity index (χ0v) is 13.1. The van der Waals surface area contributed by atoms with Crippen molar-refractivity contribution in [2.75, 3.05) is 7.11 Å². The maximum atomic E-state index is 9.40. The minimum absolute atomic E-state index is 0.0613. The van der Waals surface area contributed by atoms with Gasteiger partial charge in [0.05, 0.1) is 7.11 Å². The lowest BCUT2D eigenvalue weighted by atomic mass is 10.0. The Balaban J connectivity index is 2.17. The van der Waals surface area contributed by atoms with Gasteiger partial charge in [-0.1, -0.05) is 40.9 Å². The Bertz CT molecular complexity index is 604. The molecule has 2 nitrogen and oxygen atoms in total. The van der Waals surface area contributed by atoms with Crippen molar-refractivity contribution in [2.24, 2.45) is 0 Å². The fourth-order valence-corrected chi connectivity index (χ4v) is 2.88. The highest BCUT2D eigenvalue weighted by molar-refractivity contribution is 6.36. The maximum absolute atomic E-state index is 9.40. The Morgan fingerprint density at radius 3 is 2.15 bits per heavy atom. The normalized spacial score (nSPS) is 10.6. The van der Waals surface area contributed by atoms with Crippen LogP contribution in [0.1, 0.15) is 11.1 Å². The third kappa shape index (κ3) is 3.51. The van der Waals surface area contributed by atoms with Crippen molar-refractivity contribution in [1.29, 1.82) is 0 Å². The average molecular weight is 332 g/mol. The Morgan fingerprint density at radius 1 is 0.950 bits per heavy atom. The largest absolute Gasteiger partial charge is 0.508 e. The SMILES string of the molecule is COc1ccc(CCc2c(Cl)cc(O)cc2Cl)c(Cl)c1. The molecule has 106 valence electrons. The van der Waals surface area contributed by atoms with Crippen LogP contribution in [0.25, 0.3) is 0 Å². The predicted molar refractivity (Wildman–Crippen MR) is 83.5 cm³/mol. The van der Waals surface area contributed by atoms with Crippen molar-refractivity contribution in [3.05, 3.63) is 56.5 Å². The predicted octanol–water partition coefficient (Wildman–Crippen LogP) is 5.15. The van der Waals surface area contributed by atoms with Gasteiger partial charge in [-0.05, 0) is 48.2 Å². The van der Waals surface area contributed by atoms with Gasteiger partial charge < -0.3 is 9.84 Å². The van der Waals surface area contributed by atoms with Crippen molar-refractivity contribution in [2.45, 2.75) is 12.8 Å².